The van der Waals surface area contributed by atoms with Crippen molar-refractivity contribution in [2.75, 3.05) is 4.90 Å². The minimum atomic E-state index is -0.109. The lowest BCUT2D eigenvalue weighted by Crippen LogP contribution is -2.33. The number of hydrogen-bond acceptors (Lipinski definition) is 2. The van der Waals surface area contributed by atoms with E-state index < -0.39 is 0 Å². The maximum absolute atomic E-state index is 12.6. The number of carbonyl (C=O) groups is 2. The molecule has 1 aliphatic heterocycles. The molecule has 1 heterocycles. The number of anilines is 1. The van der Waals surface area contributed by atoms with Gasteiger partial charge in [0.25, 0.3) is 0 Å². The smallest absolute Gasteiger partial charge is 0.238 e. The summed E-state index contributed by atoms with van der Waals surface area (Å²) in [7, 11) is 0. The third-order valence-corrected chi connectivity index (χ3v) is 4.83. The minimum Gasteiger partial charge on any atom is -0.274 e. The van der Waals surface area contributed by atoms with E-state index >= 15 is 0 Å². The summed E-state index contributed by atoms with van der Waals surface area (Å²) in [5, 5.41) is 0. The molecular formula is C16H15NO2. The Morgan fingerprint density at radius 3 is 2.16 bits per heavy atom. The number of benzene rings is 1. The fourth-order valence-corrected chi connectivity index (χ4v) is 3.95. The van der Waals surface area contributed by atoms with Crippen LogP contribution in [0, 0.1) is 30.6 Å². The molecular weight excluding hydrogens is 238 g/mol. The first kappa shape index (κ1) is 11.0. The van der Waals surface area contributed by atoms with Crippen LogP contribution < -0.4 is 4.90 Å². The van der Waals surface area contributed by atoms with Crippen LogP contribution in [0.15, 0.2) is 36.4 Å². The number of fused-ring (bicyclic) bond motifs is 5. The molecule has 2 bridgehead atoms. The highest BCUT2D eigenvalue weighted by atomic mass is 16.2. The number of nitrogens with zero attached hydrogens (tertiary/aromatic N) is 1. The highest BCUT2D eigenvalue weighted by Crippen LogP contribution is 2.53. The van der Waals surface area contributed by atoms with E-state index in [0.29, 0.717) is 0 Å². The molecule has 0 unspecified atom stereocenters. The Morgan fingerprint density at radius 1 is 1.00 bits per heavy atom. The summed E-state index contributed by atoms with van der Waals surface area (Å²) in [4.78, 5) is 26.6. The molecule has 4 rings (SSSR count). The van der Waals surface area contributed by atoms with Crippen molar-refractivity contribution in [2.45, 2.75) is 13.3 Å². The molecule has 3 aliphatic rings. The average Bonchev–Trinajstić information content (AvgIpc) is 3.06. The number of amides is 2. The van der Waals surface area contributed by atoms with Crippen LogP contribution in [0.2, 0.25) is 0 Å². The molecule has 0 aromatic heterocycles. The summed E-state index contributed by atoms with van der Waals surface area (Å²) >= 11 is 0. The molecule has 96 valence electrons. The van der Waals surface area contributed by atoms with Crippen molar-refractivity contribution in [3.05, 3.63) is 42.0 Å². The van der Waals surface area contributed by atoms with Gasteiger partial charge < -0.3 is 0 Å². The summed E-state index contributed by atoms with van der Waals surface area (Å²) in [6.07, 6.45) is 5.23. The van der Waals surface area contributed by atoms with Crippen LogP contribution >= 0.6 is 0 Å². The molecule has 0 spiro atoms. The van der Waals surface area contributed by atoms with Crippen molar-refractivity contribution < 1.29 is 9.59 Å². The van der Waals surface area contributed by atoms with Gasteiger partial charge in [-0.15, -0.1) is 0 Å². The van der Waals surface area contributed by atoms with Crippen molar-refractivity contribution in [1.29, 1.82) is 0 Å². The van der Waals surface area contributed by atoms with Gasteiger partial charge in [-0.3, -0.25) is 9.59 Å². The topological polar surface area (TPSA) is 37.4 Å². The van der Waals surface area contributed by atoms with Crippen molar-refractivity contribution >= 4 is 17.5 Å². The first-order valence-electron chi connectivity index (χ1n) is 6.80. The number of aryl methyl sites for hydroxylation is 1. The number of carbonyl (C=O) groups excluding carboxylic acids is 2. The van der Waals surface area contributed by atoms with E-state index in [1.807, 2.05) is 31.2 Å². The summed E-state index contributed by atoms with van der Waals surface area (Å²) in [5.41, 5.74) is 1.73. The van der Waals surface area contributed by atoms with E-state index in [-0.39, 0.29) is 35.5 Å². The zero-order chi connectivity index (χ0) is 13.1. The van der Waals surface area contributed by atoms with Gasteiger partial charge in [-0.1, -0.05) is 30.4 Å². The molecule has 2 aliphatic carbocycles. The number of rotatable bonds is 1. The molecule has 1 aromatic carbocycles. The maximum atomic E-state index is 12.6. The quantitative estimate of drug-likeness (QED) is 0.569. The predicted molar refractivity (Wildman–Crippen MR) is 71.4 cm³/mol. The number of hydrogen-bond donors (Lipinski definition) is 0. The van der Waals surface area contributed by atoms with E-state index in [0.717, 1.165) is 17.7 Å². The Kier molecular flexibility index (Phi) is 2.06. The van der Waals surface area contributed by atoms with Crippen molar-refractivity contribution in [3.8, 4) is 0 Å². The second-order valence-electron chi connectivity index (χ2n) is 5.80. The standard InChI is InChI=1S/C16H15NO2/c1-9-4-2-3-5-12(9)17-15(18)13-10-6-7-11(8-10)14(13)16(17)19/h2-7,10-11,13-14H,8H2,1H3/t10-,11-,13-,14+/m0/s1. The van der Waals surface area contributed by atoms with Crippen molar-refractivity contribution in [2.24, 2.45) is 23.7 Å². The van der Waals surface area contributed by atoms with E-state index in [4.69, 9.17) is 0 Å². The highest BCUT2D eigenvalue weighted by Gasteiger charge is 2.59. The normalized spacial score (nSPS) is 35.3. The van der Waals surface area contributed by atoms with E-state index in [2.05, 4.69) is 12.2 Å². The van der Waals surface area contributed by atoms with Crippen LogP contribution in [0.4, 0.5) is 5.69 Å². The summed E-state index contributed by atoms with van der Waals surface area (Å²) < 4.78 is 0. The van der Waals surface area contributed by atoms with Crippen LogP contribution in [0.5, 0.6) is 0 Å². The van der Waals surface area contributed by atoms with Gasteiger partial charge in [0.1, 0.15) is 0 Å². The van der Waals surface area contributed by atoms with Gasteiger partial charge in [-0.2, -0.15) is 0 Å². The molecule has 1 aromatic rings. The zero-order valence-corrected chi connectivity index (χ0v) is 10.7. The van der Waals surface area contributed by atoms with Gasteiger partial charge >= 0.3 is 0 Å². The maximum Gasteiger partial charge on any atom is 0.238 e. The molecule has 3 nitrogen and oxygen atoms in total. The Labute approximate surface area is 111 Å². The molecule has 19 heavy (non-hydrogen) atoms. The van der Waals surface area contributed by atoms with Crippen LogP contribution in [0.25, 0.3) is 0 Å². The monoisotopic (exact) mass is 253 g/mol. The first-order chi connectivity index (χ1) is 9.18. The predicted octanol–water partition coefficient (Wildman–Crippen LogP) is 2.31. The highest BCUT2D eigenvalue weighted by molar-refractivity contribution is 6.23. The summed E-state index contributed by atoms with van der Waals surface area (Å²) in [6.45, 7) is 1.94. The fraction of sp³-hybridized carbons (Fsp3) is 0.375. The molecule has 0 radical (unpaired) electrons. The Bertz CT molecular complexity index is 589. The van der Waals surface area contributed by atoms with Crippen LogP contribution in [-0.2, 0) is 9.59 Å². The van der Waals surface area contributed by atoms with E-state index in [1.165, 1.54) is 4.90 Å². The Balaban J connectivity index is 1.79. The van der Waals surface area contributed by atoms with Crippen LogP contribution in [0.1, 0.15) is 12.0 Å². The second kappa shape index (κ2) is 3.56. The molecule has 0 N–H and O–H groups in total. The number of allylic oxidation sites excluding steroid dienone is 2. The molecule has 1 saturated heterocycles. The van der Waals surface area contributed by atoms with Crippen LogP contribution in [-0.4, -0.2) is 11.8 Å². The molecule has 3 heteroatoms. The van der Waals surface area contributed by atoms with Crippen LogP contribution in [0.3, 0.4) is 0 Å². The minimum absolute atomic E-state index is 0.00106. The lowest BCUT2D eigenvalue weighted by molar-refractivity contribution is -0.123. The van der Waals surface area contributed by atoms with Gasteiger partial charge in [0.2, 0.25) is 11.8 Å². The summed E-state index contributed by atoms with van der Waals surface area (Å²) in [6, 6.07) is 7.61. The molecule has 1 saturated carbocycles. The van der Waals surface area contributed by atoms with E-state index in [9.17, 15) is 9.59 Å². The van der Waals surface area contributed by atoms with Gasteiger partial charge in [0, 0.05) is 0 Å². The molecule has 2 fully saturated rings. The van der Waals surface area contributed by atoms with Crippen molar-refractivity contribution in [1.82, 2.24) is 0 Å². The molecule has 2 amide bonds. The van der Waals surface area contributed by atoms with Gasteiger partial charge in [-0.05, 0) is 36.8 Å². The number of para-hydroxylation sites is 1. The van der Waals surface area contributed by atoms with Crippen molar-refractivity contribution in [3.63, 3.8) is 0 Å². The largest absolute Gasteiger partial charge is 0.274 e. The van der Waals surface area contributed by atoms with Gasteiger partial charge in [0.05, 0.1) is 17.5 Å². The first-order valence-corrected chi connectivity index (χ1v) is 6.80. The second-order valence-corrected chi connectivity index (χ2v) is 5.80. The summed E-state index contributed by atoms with van der Waals surface area (Å²) in [5.74, 6) is 0.340. The van der Waals surface area contributed by atoms with E-state index in [1.54, 1.807) is 0 Å². The Morgan fingerprint density at radius 2 is 1.58 bits per heavy atom. The lowest BCUT2D eigenvalue weighted by Gasteiger charge is -2.19. The molecule has 4 atom stereocenters. The Hall–Kier alpha value is -1.90. The fourth-order valence-electron chi connectivity index (χ4n) is 3.95. The number of imide groups is 1. The van der Waals surface area contributed by atoms with Gasteiger partial charge in [-0.25, -0.2) is 4.90 Å². The average molecular weight is 253 g/mol. The zero-order valence-electron chi connectivity index (χ0n) is 10.7. The third-order valence-electron chi connectivity index (χ3n) is 4.83. The lowest BCUT2D eigenvalue weighted by atomic mass is 9.85. The SMILES string of the molecule is Cc1ccccc1N1C(=O)[C@@H]2[C@H](C1=O)[C@H]1C=C[C@H]2C1. The van der Waals surface area contributed by atoms with Gasteiger partial charge in [0.15, 0.2) is 0 Å². The third kappa shape index (κ3) is 1.28.